The van der Waals surface area contributed by atoms with Crippen LogP contribution in [0.25, 0.3) is 0 Å². The molecule has 0 amide bonds. The highest BCUT2D eigenvalue weighted by Gasteiger charge is 2.42. The fourth-order valence-electron chi connectivity index (χ4n) is 2.49. The van der Waals surface area contributed by atoms with Crippen molar-refractivity contribution in [1.82, 2.24) is 0 Å². The van der Waals surface area contributed by atoms with Crippen LogP contribution in [0.2, 0.25) is 0 Å². The standard InChI is InChI=1S/C14H17NO3S/c1-16-12-4-3-10(7-13(12)17-2)11-8-14(18-15-11)5-6-19-9-14/h3-4,7H,5-6,8-9H2,1-2H3. The Labute approximate surface area is 117 Å². The average Bonchev–Trinajstić information content (AvgIpc) is 3.09. The van der Waals surface area contributed by atoms with Crippen LogP contribution in [0.5, 0.6) is 11.5 Å². The van der Waals surface area contributed by atoms with Crippen LogP contribution in [0, 0.1) is 0 Å². The van der Waals surface area contributed by atoms with Gasteiger partial charge in [0.25, 0.3) is 0 Å². The summed E-state index contributed by atoms with van der Waals surface area (Å²) in [6.07, 6.45) is 1.97. The molecule has 2 heterocycles. The lowest BCUT2D eigenvalue weighted by atomic mass is 9.93. The van der Waals surface area contributed by atoms with E-state index >= 15 is 0 Å². The zero-order valence-corrected chi connectivity index (χ0v) is 12.0. The van der Waals surface area contributed by atoms with Crippen molar-refractivity contribution in [2.75, 3.05) is 25.7 Å². The van der Waals surface area contributed by atoms with Gasteiger partial charge in [0.1, 0.15) is 0 Å². The molecule has 0 N–H and O–H groups in total. The molecule has 1 unspecified atom stereocenters. The summed E-state index contributed by atoms with van der Waals surface area (Å²) in [5.41, 5.74) is 1.99. The van der Waals surface area contributed by atoms with E-state index in [-0.39, 0.29) is 5.60 Å². The third kappa shape index (κ3) is 2.27. The van der Waals surface area contributed by atoms with Crippen LogP contribution < -0.4 is 9.47 Å². The van der Waals surface area contributed by atoms with E-state index in [2.05, 4.69) is 5.16 Å². The van der Waals surface area contributed by atoms with Gasteiger partial charge in [-0.25, -0.2) is 0 Å². The van der Waals surface area contributed by atoms with Crippen LogP contribution in [0.4, 0.5) is 0 Å². The largest absolute Gasteiger partial charge is 0.493 e. The second-order valence-corrected chi connectivity index (χ2v) is 5.97. The van der Waals surface area contributed by atoms with Gasteiger partial charge in [-0.05, 0) is 24.0 Å². The maximum absolute atomic E-state index is 5.69. The Bertz CT molecular complexity index is 509. The third-order valence-corrected chi connectivity index (χ3v) is 4.85. The van der Waals surface area contributed by atoms with Crippen LogP contribution in [-0.4, -0.2) is 37.0 Å². The number of hydrogen-bond acceptors (Lipinski definition) is 5. The lowest BCUT2D eigenvalue weighted by Crippen LogP contribution is -2.28. The number of thioether (sulfide) groups is 1. The SMILES string of the molecule is COc1ccc(C2=NOC3(CCSC3)C2)cc1OC. The molecule has 102 valence electrons. The number of nitrogens with zero attached hydrogens (tertiary/aromatic N) is 1. The fraction of sp³-hybridized carbons (Fsp3) is 0.500. The number of oxime groups is 1. The van der Waals surface area contributed by atoms with E-state index in [1.54, 1.807) is 14.2 Å². The number of methoxy groups -OCH3 is 2. The van der Waals surface area contributed by atoms with Crippen LogP contribution >= 0.6 is 11.8 Å². The Morgan fingerprint density at radius 2 is 2.11 bits per heavy atom. The molecule has 0 aliphatic carbocycles. The Kier molecular flexibility index (Phi) is 3.31. The lowest BCUT2D eigenvalue weighted by molar-refractivity contribution is 0.00331. The molecule has 2 aliphatic rings. The number of benzene rings is 1. The molecule has 2 aliphatic heterocycles. The van der Waals surface area contributed by atoms with Crippen molar-refractivity contribution in [3.05, 3.63) is 23.8 Å². The molecule has 4 nitrogen and oxygen atoms in total. The van der Waals surface area contributed by atoms with Gasteiger partial charge in [-0.15, -0.1) is 0 Å². The molecule has 1 atom stereocenters. The first-order valence-corrected chi connectivity index (χ1v) is 7.47. The third-order valence-electron chi connectivity index (χ3n) is 3.62. The number of rotatable bonds is 3. The number of ether oxygens (including phenoxy) is 2. The van der Waals surface area contributed by atoms with Crippen molar-refractivity contribution >= 4 is 17.5 Å². The molecule has 1 aromatic rings. The second-order valence-electron chi connectivity index (χ2n) is 4.86. The van der Waals surface area contributed by atoms with Crippen LogP contribution in [0.3, 0.4) is 0 Å². The molecule has 3 rings (SSSR count). The molecule has 1 saturated heterocycles. The van der Waals surface area contributed by atoms with Gasteiger partial charge >= 0.3 is 0 Å². The van der Waals surface area contributed by atoms with Crippen molar-refractivity contribution in [1.29, 1.82) is 0 Å². The van der Waals surface area contributed by atoms with Crippen molar-refractivity contribution in [2.45, 2.75) is 18.4 Å². The first-order chi connectivity index (χ1) is 9.26. The molecule has 0 aromatic heterocycles. The summed E-state index contributed by atoms with van der Waals surface area (Å²) >= 11 is 1.94. The quantitative estimate of drug-likeness (QED) is 0.853. The van der Waals surface area contributed by atoms with Gasteiger partial charge in [0.15, 0.2) is 17.1 Å². The Hall–Kier alpha value is -1.36. The summed E-state index contributed by atoms with van der Waals surface area (Å²) in [5, 5.41) is 4.28. The highest BCUT2D eigenvalue weighted by molar-refractivity contribution is 7.99. The van der Waals surface area contributed by atoms with E-state index < -0.39 is 0 Å². The van der Waals surface area contributed by atoms with Gasteiger partial charge in [0.2, 0.25) is 0 Å². The van der Waals surface area contributed by atoms with Crippen molar-refractivity contribution < 1.29 is 14.3 Å². The first-order valence-electron chi connectivity index (χ1n) is 6.31. The summed E-state index contributed by atoms with van der Waals surface area (Å²) in [6, 6.07) is 5.87. The predicted octanol–water partition coefficient (Wildman–Crippen LogP) is 2.70. The summed E-state index contributed by atoms with van der Waals surface area (Å²) in [5.74, 6) is 3.66. The molecule has 0 radical (unpaired) electrons. The topological polar surface area (TPSA) is 40.0 Å². The highest BCUT2D eigenvalue weighted by Crippen LogP contribution is 2.40. The monoisotopic (exact) mass is 279 g/mol. The summed E-state index contributed by atoms with van der Waals surface area (Å²) in [7, 11) is 3.28. The minimum atomic E-state index is -0.0623. The minimum absolute atomic E-state index is 0.0623. The predicted molar refractivity (Wildman–Crippen MR) is 76.5 cm³/mol. The molecule has 5 heteroatoms. The summed E-state index contributed by atoms with van der Waals surface area (Å²) < 4.78 is 10.6. The van der Waals surface area contributed by atoms with Crippen molar-refractivity contribution in [3.63, 3.8) is 0 Å². The molecular formula is C14H17NO3S. The van der Waals surface area contributed by atoms with Crippen molar-refractivity contribution in [3.8, 4) is 11.5 Å². The fourth-order valence-corrected chi connectivity index (χ4v) is 3.82. The van der Waals surface area contributed by atoms with Crippen LogP contribution in [-0.2, 0) is 4.84 Å². The van der Waals surface area contributed by atoms with Gasteiger partial charge < -0.3 is 14.3 Å². The molecule has 1 aromatic carbocycles. The Morgan fingerprint density at radius 3 is 2.79 bits per heavy atom. The van der Waals surface area contributed by atoms with E-state index in [4.69, 9.17) is 14.3 Å². The second kappa shape index (κ2) is 4.96. The van der Waals surface area contributed by atoms with Crippen LogP contribution in [0.15, 0.2) is 23.4 Å². The van der Waals surface area contributed by atoms with Gasteiger partial charge in [-0.1, -0.05) is 5.16 Å². The van der Waals surface area contributed by atoms with Crippen LogP contribution in [0.1, 0.15) is 18.4 Å². The molecule has 0 saturated carbocycles. The van der Waals surface area contributed by atoms with E-state index in [1.165, 1.54) is 0 Å². The zero-order valence-electron chi connectivity index (χ0n) is 11.1. The normalized spacial score (nSPS) is 25.3. The maximum atomic E-state index is 5.69. The maximum Gasteiger partial charge on any atom is 0.161 e. The zero-order chi connectivity index (χ0) is 13.3. The van der Waals surface area contributed by atoms with Crippen molar-refractivity contribution in [2.24, 2.45) is 5.16 Å². The highest BCUT2D eigenvalue weighted by atomic mass is 32.2. The molecule has 19 heavy (non-hydrogen) atoms. The van der Waals surface area contributed by atoms with Gasteiger partial charge in [-0.3, -0.25) is 0 Å². The van der Waals surface area contributed by atoms with E-state index in [1.807, 2.05) is 30.0 Å². The average molecular weight is 279 g/mol. The molecule has 0 bridgehead atoms. The first kappa shape index (κ1) is 12.7. The molecule has 1 fully saturated rings. The molecular weight excluding hydrogens is 262 g/mol. The Balaban J connectivity index is 1.83. The van der Waals surface area contributed by atoms with E-state index in [0.29, 0.717) is 0 Å². The van der Waals surface area contributed by atoms with E-state index in [0.717, 1.165) is 47.1 Å². The molecule has 1 spiro atoms. The lowest BCUT2D eigenvalue weighted by Gasteiger charge is -2.18. The smallest absolute Gasteiger partial charge is 0.161 e. The Morgan fingerprint density at radius 1 is 1.26 bits per heavy atom. The summed E-state index contributed by atoms with van der Waals surface area (Å²) in [6.45, 7) is 0. The van der Waals surface area contributed by atoms with Gasteiger partial charge in [-0.2, -0.15) is 11.8 Å². The van der Waals surface area contributed by atoms with E-state index in [9.17, 15) is 0 Å². The van der Waals surface area contributed by atoms with Gasteiger partial charge in [0.05, 0.1) is 19.9 Å². The summed E-state index contributed by atoms with van der Waals surface area (Å²) in [4.78, 5) is 5.69. The number of hydrogen-bond donors (Lipinski definition) is 0. The minimum Gasteiger partial charge on any atom is -0.493 e. The van der Waals surface area contributed by atoms with Gasteiger partial charge in [0, 0.05) is 24.2 Å².